The topological polar surface area (TPSA) is 38.8 Å². The van der Waals surface area contributed by atoms with Crippen molar-refractivity contribution in [1.82, 2.24) is 4.90 Å². The predicted molar refractivity (Wildman–Crippen MR) is 120 cm³/mol. The van der Waals surface area contributed by atoms with Crippen molar-refractivity contribution in [2.75, 3.05) is 47.8 Å². The fourth-order valence-electron chi connectivity index (χ4n) is 4.20. The maximum atomic E-state index is 13.2. The standard InChI is InChI=1S/C22H24BrF3N4O/c23-16-4-3-5-18(14-16)27-17-8-10-28(11-9-17)21(31)30-13-12-29(15-22(24,25)26)19-6-1-2-7-20(19)30/h1-7,14,17,27H,8-13,15H2. The molecule has 2 heterocycles. The molecular weight excluding hydrogens is 473 g/mol. The minimum absolute atomic E-state index is 0.139. The summed E-state index contributed by atoms with van der Waals surface area (Å²) in [4.78, 5) is 17.9. The Morgan fingerprint density at radius 1 is 1.00 bits per heavy atom. The normalized spacial score (nSPS) is 17.5. The molecule has 166 valence electrons. The maximum Gasteiger partial charge on any atom is 0.405 e. The number of rotatable bonds is 3. The largest absolute Gasteiger partial charge is 0.405 e. The number of nitrogens with zero attached hydrogens (tertiary/aromatic N) is 3. The van der Waals surface area contributed by atoms with Gasteiger partial charge in [0.2, 0.25) is 0 Å². The molecular formula is C22H24BrF3N4O. The number of carbonyl (C=O) groups excluding carboxylic acids is 1. The molecule has 0 spiro atoms. The average Bonchev–Trinajstić information content (AvgIpc) is 2.73. The number of alkyl halides is 3. The maximum absolute atomic E-state index is 13.2. The number of halogens is 4. The van der Waals surface area contributed by atoms with Crippen LogP contribution in [-0.2, 0) is 0 Å². The van der Waals surface area contributed by atoms with E-state index in [1.165, 1.54) is 4.90 Å². The lowest BCUT2D eigenvalue weighted by Crippen LogP contribution is -2.53. The number of hydrogen-bond donors (Lipinski definition) is 1. The number of piperidine rings is 1. The highest BCUT2D eigenvalue weighted by atomic mass is 79.9. The van der Waals surface area contributed by atoms with Crippen molar-refractivity contribution in [2.45, 2.75) is 25.1 Å². The van der Waals surface area contributed by atoms with Crippen molar-refractivity contribution in [2.24, 2.45) is 0 Å². The fraction of sp³-hybridized carbons (Fsp3) is 0.409. The minimum atomic E-state index is -4.29. The van der Waals surface area contributed by atoms with E-state index in [1.54, 1.807) is 34.1 Å². The number of hydrogen-bond acceptors (Lipinski definition) is 3. The summed E-state index contributed by atoms with van der Waals surface area (Å²) in [6.45, 7) is 0.592. The van der Waals surface area contributed by atoms with E-state index < -0.39 is 12.7 Å². The van der Waals surface area contributed by atoms with E-state index in [0.29, 0.717) is 24.5 Å². The predicted octanol–water partition coefficient (Wildman–Crippen LogP) is 5.33. The van der Waals surface area contributed by atoms with E-state index in [-0.39, 0.29) is 25.2 Å². The van der Waals surface area contributed by atoms with Gasteiger partial charge in [-0.15, -0.1) is 0 Å². The number of nitrogens with one attached hydrogen (secondary N) is 1. The zero-order valence-corrected chi connectivity index (χ0v) is 18.5. The molecule has 0 unspecified atom stereocenters. The fourth-order valence-corrected chi connectivity index (χ4v) is 4.60. The van der Waals surface area contributed by atoms with Gasteiger partial charge in [-0.3, -0.25) is 4.90 Å². The van der Waals surface area contributed by atoms with Crippen LogP contribution in [-0.4, -0.2) is 55.9 Å². The Balaban J connectivity index is 1.40. The number of likely N-dealkylation sites (tertiary alicyclic amines) is 1. The van der Waals surface area contributed by atoms with Gasteiger partial charge in [0.05, 0.1) is 11.4 Å². The summed E-state index contributed by atoms with van der Waals surface area (Å²) in [7, 11) is 0. The van der Waals surface area contributed by atoms with Crippen LogP contribution in [0, 0.1) is 0 Å². The van der Waals surface area contributed by atoms with Gasteiger partial charge < -0.3 is 15.1 Å². The van der Waals surface area contributed by atoms with Gasteiger partial charge >= 0.3 is 12.2 Å². The first-order valence-corrected chi connectivity index (χ1v) is 11.1. The SMILES string of the molecule is O=C(N1CCC(Nc2cccc(Br)c2)CC1)N1CCN(CC(F)(F)F)c2ccccc21. The van der Waals surface area contributed by atoms with Crippen LogP contribution in [0.5, 0.6) is 0 Å². The van der Waals surface area contributed by atoms with Crippen LogP contribution in [0.2, 0.25) is 0 Å². The van der Waals surface area contributed by atoms with Crippen molar-refractivity contribution >= 4 is 39.0 Å². The molecule has 2 aliphatic heterocycles. The third-order valence-corrected chi connectivity index (χ3v) is 6.16. The van der Waals surface area contributed by atoms with Crippen molar-refractivity contribution < 1.29 is 18.0 Å². The molecule has 0 atom stereocenters. The highest BCUT2D eigenvalue weighted by molar-refractivity contribution is 9.10. The highest BCUT2D eigenvalue weighted by Crippen LogP contribution is 2.35. The van der Waals surface area contributed by atoms with E-state index in [4.69, 9.17) is 0 Å². The number of urea groups is 1. The first kappa shape index (κ1) is 21.8. The Hall–Kier alpha value is -2.42. The van der Waals surface area contributed by atoms with Crippen LogP contribution >= 0.6 is 15.9 Å². The van der Waals surface area contributed by atoms with Gasteiger partial charge in [-0.2, -0.15) is 13.2 Å². The summed E-state index contributed by atoms with van der Waals surface area (Å²) < 4.78 is 39.9. The van der Waals surface area contributed by atoms with Crippen LogP contribution in [0.3, 0.4) is 0 Å². The molecule has 1 saturated heterocycles. The van der Waals surface area contributed by atoms with E-state index >= 15 is 0 Å². The Morgan fingerprint density at radius 2 is 1.71 bits per heavy atom. The number of fused-ring (bicyclic) bond motifs is 1. The minimum Gasteiger partial charge on any atom is -0.382 e. The molecule has 31 heavy (non-hydrogen) atoms. The summed E-state index contributed by atoms with van der Waals surface area (Å²) in [5, 5.41) is 3.51. The van der Waals surface area contributed by atoms with Crippen molar-refractivity contribution in [3.05, 3.63) is 53.0 Å². The molecule has 2 aliphatic rings. The van der Waals surface area contributed by atoms with E-state index in [0.717, 1.165) is 23.0 Å². The highest BCUT2D eigenvalue weighted by Gasteiger charge is 2.36. The molecule has 2 aromatic rings. The lowest BCUT2D eigenvalue weighted by atomic mass is 10.0. The second-order valence-electron chi connectivity index (χ2n) is 7.88. The van der Waals surface area contributed by atoms with Crippen molar-refractivity contribution in [1.29, 1.82) is 0 Å². The monoisotopic (exact) mass is 496 g/mol. The Kier molecular flexibility index (Phi) is 6.31. The molecule has 1 N–H and O–H groups in total. The van der Waals surface area contributed by atoms with Gasteiger partial charge in [0.25, 0.3) is 0 Å². The summed E-state index contributed by atoms with van der Waals surface area (Å²) in [6, 6.07) is 14.9. The van der Waals surface area contributed by atoms with Gasteiger partial charge in [0.1, 0.15) is 6.54 Å². The van der Waals surface area contributed by atoms with Crippen LogP contribution in [0.4, 0.5) is 35.0 Å². The number of para-hydroxylation sites is 2. The molecule has 2 amide bonds. The lowest BCUT2D eigenvalue weighted by Gasteiger charge is -2.41. The van der Waals surface area contributed by atoms with E-state index in [2.05, 4.69) is 21.2 Å². The summed E-state index contributed by atoms with van der Waals surface area (Å²) in [6.07, 6.45) is -2.66. The number of anilines is 3. The van der Waals surface area contributed by atoms with Gasteiger partial charge in [-0.1, -0.05) is 34.1 Å². The molecule has 0 radical (unpaired) electrons. The first-order valence-electron chi connectivity index (χ1n) is 10.3. The Bertz CT molecular complexity index is 931. The molecule has 0 aliphatic carbocycles. The van der Waals surface area contributed by atoms with Crippen LogP contribution < -0.4 is 15.1 Å². The Morgan fingerprint density at radius 3 is 2.39 bits per heavy atom. The molecule has 0 saturated carbocycles. The second-order valence-corrected chi connectivity index (χ2v) is 8.79. The molecule has 5 nitrogen and oxygen atoms in total. The molecule has 1 fully saturated rings. The van der Waals surface area contributed by atoms with Crippen LogP contribution in [0.1, 0.15) is 12.8 Å². The van der Waals surface area contributed by atoms with Crippen molar-refractivity contribution in [3.8, 4) is 0 Å². The van der Waals surface area contributed by atoms with Gasteiger partial charge in [0.15, 0.2) is 0 Å². The lowest BCUT2D eigenvalue weighted by molar-refractivity contribution is -0.119. The van der Waals surface area contributed by atoms with E-state index in [9.17, 15) is 18.0 Å². The quantitative estimate of drug-likeness (QED) is 0.623. The first-order chi connectivity index (χ1) is 14.8. The third-order valence-electron chi connectivity index (χ3n) is 5.67. The van der Waals surface area contributed by atoms with Gasteiger partial charge in [0, 0.05) is 42.4 Å². The summed E-state index contributed by atoms with van der Waals surface area (Å²) >= 11 is 3.47. The number of benzene rings is 2. The van der Waals surface area contributed by atoms with E-state index in [1.807, 2.05) is 24.3 Å². The molecule has 2 aromatic carbocycles. The second kappa shape index (κ2) is 8.98. The number of carbonyl (C=O) groups is 1. The molecule has 0 bridgehead atoms. The van der Waals surface area contributed by atoms with Crippen LogP contribution in [0.25, 0.3) is 0 Å². The molecule has 9 heteroatoms. The zero-order valence-electron chi connectivity index (χ0n) is 16.9. The molecule has 0 aromatic heterocycles. The summed E-state index contributed by atoms with van der Waals surface area (Å²) in [5.74, 6) is 0. The zero-order chi connectivity index (χ0) is 22.0. The van der Waals surface area contributed by atoms with Gasteiger partial charge in [-0.25, -0.2) is 4.79 Å². The number of amides is 2. The third kappa shape index (κ3) is 5.26. The smallest absolute Gasteiger partial charge is 0.382 e. The summed E-state index contributed by atoms with van der Waals surface area (Å²) in [5.41, 5.74) is 2.02. The average molecular weight is 497 g/mol. The van der Waals surface area contributed by atoms with Crippen molar-refractivity contribution in [3.63, 3.8) is 0 Å². The molecule has 4 rings (SSSR count). The van der Waals surface area contributed by atoms with Crippen LogP contribution in [0.15, 0.2) is 53.0 Å². The Labute approximate surface area is 187 Å². The van der Waals surface area contributed by atoms with Gasteiger partial charge in [-0.05, 0) is 43.2 Å².